The van der Waals surface area contributed by atoms with Gasteiger partial charge in [-0.1, -0.05) is 5.46 Å². The van der Waals surface area contributed by atoms with Gasteiger partial charge in [0.15, 0.2) is 6.79 Å². The second kappa shape index (κ2) is 7.41. The fourth-order valence-corrected chi connectivity index (χ4v) is 1.13. The Morgan fingerprint density at radius 3 is 2.47 bits per heavy atom. The molecule has 0 aliphatic carbocycles. The maximum Gasteiger partial charge on any atom is 1.00 e. The number of nitrogens with zero attached hydrogens (tertiary/aromatic N) is 1. The van der Waals surface area contributed by atoms with Crippen LogP contribution in [0.5, 0.6) is 5.75 Å². The quantitative estimate of drug-likeness (QED) is 0.498. The van der Waals surface area contributed by atoms with E-state index in [1.54, 1.807) is 0 Å². The molecule has 0 saturated heterocycles. The number of rotatable bonds is 4. The van der Waals surface area contributed by atoms with Crippen molar-refractivity contribution in [2.45, 2.75) is 0 Å². The van der Waals surface area contributed by atoms with Gasteiger partial charge >= 0.3 is 58.4 Å². The molecule has 0 unspecified atom stereocenters. The minimum atomic E-state index is -5.22. The predicted molar refractivity (Wildman–Crippen MR) is 52.4 cm³/mol. The number of benzene rings is 1. The van der Waals surface area contributed by atoms with Crippen LogP contribution in [-0.2, 0) is 4.74 Å². The summed E-state index contributed by atoms with van der Waals surface area (Å²) in [6.07, 6.45) is 0. The SMILES string of the molecule is COCOc1ccc(C#N)c([B-](F)(F)F)c1.[K+]. The van der Waals surface area contributed by atoms with Gasteiger partial charge in [0.25, 0.3) is 0 Å². The molecule has 3 nitrogen and oxygen atoms in total. The summed E-state index contributed by atoms with van der Waals surface area (Å²) in [4.78, 5) is 0. The van der Waals surface area contributed by atoms with E-state index in [9.17, 15) is 12.9 Å². The second-order valence-electron chi connectivity index (χ2n) is 2.99. The van der Waals surface area contributed by atoms with Crippen LogP contribution in [0.15, 0.2) is 18.2 Å². The molecular weight excluding hydrogens is 261 g/mol. The molecular formula is C9H8BF3KNO2. The van der Waals surface area contributed by atoms with E-state index in [4.69, 9.17) is 10.00 Å². The summed E-state index contributed by atoms with van der Waals surface area (Å²) < 4.78 is 47.1. The minimum Gasteiger partial charge on any atom is -0.468 e. The van der Waals surface area contributed by atoms with Crippen LogP contribution in [0.1, 0.15) is 5.56 Å². The Kier molecular flexibility index (Phi) is 7.39. The standard InChI is InChI=1S/C9H8BF3NO2.K/c1-15-6-16-8-3-2-7(5-14)9(4-8)10(11,12)13;/h2-4H,6H2,1H3;/q-1;+1. The molecule has 0 aliphatic heterocycles. The van der Waals surface area contributed by atoms with Crippen LogP contribution in [0, 0.1) is 11.3 Å². The number of methoxy groups -OCH3 is 1. The van der Waals surface area contributed by atoms with Crippen molar-refractivity contribution in [1.29, 1.82) is 5.26 Å². The monoisotopic (exact) mass is 269 g/mol. The summed E-state index contributed by atoms with van der Waals surface area (Å²) in [5.41, 5.74) is -1.35. The normalized spacial score (nSPS) is 10.3. The fourth-order valence-electron chi connectivity index (χ4n) is 1.13. The third kappa shape index (κ3) is 4.99. The molecule has 0 heterocycles. The summed E-state index contributed by atoms with van der Waals surface area (Å²) in [6.45, 7) is -5.36. The van der Waals surface area contributed by atoms with E-state index in [1.165, 1.54) is 19.2 Å². The number of hydrogen-bond donors (Lipinski definition) is 0. The molecule has 8 heteroatoms. The maximum absolute atomic E-state index is 12.6. The number of halogens is 3. The van der Waals surface area contributed by atoms with Crippen LogP contribution in [0.25, 0.3) is 0 Å². The molecule has 0 aliphatic rings. The van der Waals surface area contributed by atoms with Gasteiger partial charge in [0.05, 0.1) is 6.07 Å². The third-order valence-corrected chi connectivity index (χ3v) is 1.84. The molecule has 0 N–H and O–H groups in total. The van der Waals surface area contributed by atoms with Crippen LogP contribution < -0.4 is 61.6 Å². The number of ether oxygens (including phenoxy) is 2. The third-order valence-electron chi connectivity index (χ3n) is 1.84. The molecule has 0 radical (unpaired) electrons. The van der Waals surface area contributed by atoms with E-state index in [0.29, 0.717) is 0 Å². The van der Waals surface area contributed by atoms with E-state index in [1.807, 2.05) is 0 Å². The molecule has 0 bridgehead atoms. The summed E-state index contributed by atoms with van der Waals surface area (Å²) in [5, 5.41) is 8.54. The topological polar surface area (TPSA) is 42.2 Å². The number of nitriles is 1. The van der Waals surface area contributed by atoms with Crippen molar-refractivity contribution >= 4 is 12.4 Å². The van der Waals surface area contributed by atoms with Crippen molar-refractivity contribution in [3.63, 3.8) is 0 Å². The summed E-state index contributed by atoms with van der Waals surface area (Å²) >= 11 is 0. The summed E-state index contributed by atoms with van der Waals surface area (Å²) in [5.74, 6) is 0.0232. The van der Waals surface area contributed by atoms with Gasteiger partial charge < -0.3 is 22.4 Å². The van der Waals surface area contributed by atoms with Gasteiger partial charge in [-0.2, -0.15) is 5.26 Å². The molecule has 17 heavy (non-hydrogen) atoms. The van der Waals surface area contributed by atoms with E-state index < -0.39 is 18.0 Å². The van der Waals surface area contributed by atoms with E-state index in [2.05, 4.69) is 4.74 Å². The first-order valence-corrected chi connectivity index (χ1v) is 4.34. The largest absolute Gasteiger partial charge is 1.00 e. The van der Waals surface area contributed by atoms with Crippen LogP contribution in [-0.4, -0.2) is 20.9 Å². The Morgan fingerprint density at radius 2 is 2.00 bits per heavy atom. The molecule has 0 aromatic heterocycles. The van der Waals surface area contributed by atoms with E-state index in [-0.39, 0.29) is 63.9 Å². The van der Waals surface area contributed by atoms with Gasteiger partial charge in [-0.05, 0) is 18.2 Å². The molecule has 0 fully saturated rings. The van der Waals surface area contributed by atoms with Crippen LogP contribution in [0.2, 0.25) is 0 Å². The van der Waals surface area contributed by atoms with Crippen molar-refractivity contribution < 1.29 is 73.8 Å². The minimum absolute atomic E-state index is 0. The van der Waals surface area contributed by atoms with Crippen molar-refractivity contribution in [1.82, 2.24) is 0 Å². The molecule has 0 spiro atoms. The van der Waals surface area contributed by atoms with E-state index in [0.717, 1.165) is 12.1 Å². The fraction of sp³-hybridized carbons (Fsp3) is 0.222. The van der Waals surface area contributed by atoms with Gasteiger partial charge in [-0.15, -0.1) is 0 Å². The zero-order valence-electron chi connectivity index (χ0n) is 9.41. The van der Waals surface area contributed by atoms with Crippen molar-refractivity contribution in [3.05, 3.63) is 23.8 Å². The van der Waals surface area contributed by atoms with Gasteiger partial charge in [-0.25, -0.2) is 0 Å². The first kappa shape index (κ1) is 17.0. The van der Waals surface area contributed by atoms with Gasteiger partial charge in [0.2, 0.25) is 0 Å². The van der Waals surface area contributed by atoms with Crippen LogP contribution in [0.4, 0.5) is 12.9 Å². The summed E-state index contributed by atoms with van der Waals surface area (Å²) in [6, 6.07) is 4.67. The molecule has 0 saturated carbocycles. The molecule has 0 amide bonds. The van der Waals surface area contributed by atoms with Crippen molar-refractivity contribution in [2.75, 3.05) is 13.9 Å². The molecule has 1 aromatic rings. The van der Waals surface area contributed by atoms with Gasteiger partial charge in [0, 0.05) is 12.7 Å². The average molecular weight is 269 g/mol. The Bertz CT molecular complexity index is 420. The summed E-state index contributed by atoms with van der Waals surface area (Å²) in [7, 11) is 1.36. The van der Waals surface area contributed by atoms with Crippen molar-refractivity contribution in [2.24, 2.45) is 0 Å². The van der Waals surface area contributed by atoms with Crippen LogP contribution >= 0.6 is 0 Å². The zero-order chi connectivity index (χ0) is 12.2. The Balaban J connectivity index is 0.00000256. The van der Waals surface area contributed by atoms with Gasteiger partial charge in [-0.3, -0.25) is 0 Å². The first-order chi connectivity index (χ1) is 7.49. The zero-order valence-corrected chi connectivity index (χ0v) is 12.5. The van der Waals surface area contributed by atoms with E-state index >= 15 is 0 Å². The number of hydrogen-bond acceptors (Lipinski definition) is 3. The smallest absolute Gasteiger partial charge is 0.468 e. The predicted octanol–water partition coefficient (Wildman–Crippen LogP) is -1.40. The average Bonchev–Trinajstić information content (AvgIpc) is 2.24. The van der Waals surface area contributed by atoms with Gasteiger partial charge in [0.1, 0.15) is 5.75 Å². The molecule has 1 rings (SSSR count). The Morgan fingerprint density at radius 1 is 1.35 bits per heavy atom. The maximum atomic E-state index is 12.6. The molecule has 1 aromatic carbocycles. The molecule has 86 valence electrons. The molecule has 0 atom stereocenters. The first-order valence-electron chi connectivity index (χ1n) is 4.34. The van der Waals surface area contributed by atoms with Crippen LogP contribution in [0.3, 0.4) is 0 Å². The second-order valence-corrected chi connectivity index (χ2v) is 2.99. The Hall–Kier alpha value is -0.0387. The van der Waals surface area contributed by atoms with Crippen molar-refractivity contribution in [3.8, 4) is 11.8 Å². The Labute approximate surface area is 139 Å².